The molecule has 3 aromatic carbocycles. The molecule has 0 saturated heterocycles. The third kappa shape index (κ3) is 4.38. The zero-order valence-electron chi connectivity index (χ0n) is 19.9. The number of rotatable bonds is 6. The van der Waals surface area contributed by atoms with E-state index >= 15 is 0 Å². The van der Waals surface area contributed by atoms with Crippen molar-refractivity contribution in [2.24, 2.45) is 0 Å². The minimum Gasteiger partial charge on any atom is -0.320 e. The van der Waals surface area contributed by atoms with Gasteiger partial charge >= 0.3 is 5.69 Å². The summed E-state index contributed by atoms with van der Waals surface area (Å²) in [5.41, 5.74) is 2.75. The number of imidazole rings is 1. The molecule has 0 fully saturated rings. The summed E-state index contributed by atoms with van der Waals surface area (Å²) in [6.07, 6.45) is 1.55. The van der Waals surface area contributed by atoms with E-state index in [1.165, 1.54) is 16.7 Å². The number of fused-ring (bicyclic) bond motifs is 1. The summed E-state index contributed by atoms with van der Waals surface area (Å²) >= 11 is 6.37. The maximum absolute atomic E-state index is 13.7. The van der Waals surface area contributed by atoms with E-state index in [9.17, 15) is 14.0 Å². The van der Waals surface area contributed by atoms with Crippen LogP contribution in [0.25, 0.3) is 16.9 Å². The molecule has 0 radical (unpaired) electrons. The zero-order valence-corrected chi connectivity index (χ0v) is 20.6. The molecule has 8 heteroatoms. The Morgan fingerprint density at radius 3 is 2.28 bits per heavy atom. The first-order chi connectivity index (χ1) is 17.3. The van der Waals surface area contributed by atoms with Gasteiger partial charge in [0.1, 0.15) is 5.82 Å². The van der Waals surface area contributed by atoms with E-state index in [4.69, 9.17) is 11.6 Å². The van der Waals surface area contributed by atoms with Gasteiger partial charge in [0, 0.05) is 5.02 Å². The number of aromatic nitrogens is 4. The average Bonchev–Trinajstić information content (AvgIpc) is 3.28. The van der Waals surface area contributed by atoms with Crippen molar-refractivity contribution in [2.75, 3.05) is 0 Å². The van der Waals surface area contributed by atoms with Crippen molar-refractivity contribution in [1.29, 1.82) is 0 Å². The smallest absolute Gasteiger partial charge is 0.320 e. The van der Waals surface area contributed by atoms with Gasteiger partial charge in [-0.25, -0.2) is 18.7 Å². The molecular weight excluding hydrogens is 479 g/mol. The highest BCUT2D eigenvalue weighted by Gasteiger charge is 2.20. The lowest BCUT2D eigenvalue weighted by atomic mass is 10.0. The SMILES string of the molecule is CC(C)c1ccc(-n2c(=O)n(Cc3ccc(F)cc3)c(=O)c3c2ncn3Cc2ccccc2Cl)cc1. The lowest BCUT2D eigenvalue weighted by Crippen LogP contribution is -2.40. The molecule has 2 heterocycles. The van der Waals surface area contributed by atoms with Gasteiger partial charge in [0.25, 0.3) is 5.56 Å². The first-order valence-electron chi connectivity index (χ1n) is 11.6. The molecule has 0 aliphatic heterocycles. The van der Waals surface area contributed by atoms with Gasteiger partial charge in [-0.05, 0) is 52.9 Å². The van der Waals surface area contributed by atoms with Crippen LogP contribution < -0.4 is 11.2 Å². The van der Waals surface area contributed by atoms with Crippen molar-refractivity contribution in [3.8, 4) is 5.69 Å². The van der Waals surface area contributed by atoms with Crippen LogP contribution in [0.2, 0.25) is 5.02 Å². The average molecular weight is 503 g/mol. The fourth-order valence-corrected chi connectivity index (χ4v) is 4.46. The molecule has 0 bridgehead atoms. The molecule has 36 heavy (non-hydrogen) atoms. The molecule has 0 amide bonds. The maximum atomic E-state index is 13.7. The van der Waals surface area contributed by atoms with E-state index in [1.54, 1.807) is 29.1 Å². The molecule has 0 aliphatic rings. The summed E-state index contributed by atoms with van der Waals surface area (Å²) < 4.78 is 17.8. The lowest BCUT2D eigenvalue weighted by Gasteiger charge is -2.14. The van der Waals surface area contributed by atoms with Crippen LogP contribution >= 0.6 is 11.6 Å². The van der Waals surface area contributed by atoms with Crippen molar-refractivity contribution < 1.29 is 4.39 Å². The fraction of sp³-hybridized carbons (Fsp3) is 0.179. The summed E-state index contributed by atoms with van der Waals surface area (Å²) in [7, 11) is 0. The van der Waals surface area contributed by atoms with Crippen LogP contribution in [-0.2, 0) is 13.1 Å². The maximum Gasteiger partial charge on any atom is 0.337 e. The van der Waals surface area contributed by atoms with Gasteiger partial charge in [-0.15, -0.1) is 0 Å². The second-order valence-electron chi connectivity index (χ2n) is 9.02. The highest BCUT2D eigenvalue weighted by Crippen LogP contribution is 2.21. The van der Waals surface area contributed by atoms with Crippen molar-refractivity contribution in [1.82, 2.24) is 18.7 Å². The molecule has 182 valence electrons. The van der Waals surface area contributed by atoms with Crippen LogP contribution in [0, 0.1) is 5.82 Å². The predicted octanol–water partition coefficient (Wildman–Crippen LogP) is 5.36. The topological polar surface area (TPSA) is 61.8 Å². The highest BCUT2D eigenvalue weighted by atomic mass is 35.5. The van der Waals surface area contributed by atoms with E-state index in [0.717, 1.165) is 15.7 Å². The second kappa shape index (κ2) is 9.59. The number of nitrogens with zero attached hydrogens (tertiary/aromatic N) is 4. The minimum atomic E-state index is -0.517. The molecule has 0 spiro atoms. The van der Waals surface area contributed by atoms with E-state index < -0.39 is 11.2 Å². The molecule has 0 atom stereocenters. The number of benzene rings is 3. The van der Waals surface area contributed by atoms with Gasteiger partial charge in [0.2, 0.25) is 0 Å². The number of hydrogen-bond donors (Lipinski definition) is 0. The molecule has 0 aliphatic carbocycles. The Labute approximate surface area is 211 Å². The predicted molar refractivity (Wildman–Crippen MR) is 140 cm³/mol. The summed E-state index contributed by atoms with van der Waals surface area (Å²) in [4.78, 5) is 31.9. The Hall–Kier alpha value is -3.97. The Kier molecular flexibility index (Phi) is 6.33. The first-order valence-corrected chi connectivity index (χ1v) is 12.0. The monoisotopic (exact) mass is 502 g/mol. The Balaban J connectivity index is 1.74. The van der Waals surface area contributed by atoms with E-state index in [-0.39, 0.29) is 23.5 Å². The lowest BCUT2D eigenvalue weighted by molar-refractivity contribution is 0.624. The molecule has 6 nitrogen and oxygen atoms in total. The third-order valence-corrected chi connectivity index (χ3v) is 6.64. The molecule has 2 aromatic heterocycles. The largest absolute Gasteiger partial charge is 0.337 e. The van der Waals surface area contributed by atoms with E-state index in [0.29, 0.717) is 28.7 Å². The van der Waals surface area contributed by atoms with Gasteiger partial charge in [0.05, 0.1) is 25.1 Å². The summed E-state index contributed by atoms with van der Waals surface area (Å²) in [6, 6.07) is 20.8. The van der Waals surface area contributed by atoms with Gasteiger partial charge in [-0.3, -0.25) is 9.36 Å². The number of halogens is 2. The van der Waals surface area contributed by atoms with Crippen molar-refractivity contribution in [3.63, 3.8) is 0 Å². The van der Waals surface area contributed by atoms with Gasteiger partial charge in [-0.2, -0.15) is 0 Å². The van der Waals surface area contributed by atoms with Gasteiger partial charge in [0.15, 0.2) is 11.2 Å². The normalized spacial score (nSPS) is 11.5. The standard InChI is InChI=1S/C28H24ClFN4O2/c1-18(2)20-9-13-23(14-10-20)34-26-25(32(17-31-26)16-21-5-3-4-6-24(21)29)27(35)33(28(34)36)15-19-7-11-22(30)12-8-19/h3-14,17-18H,15-16H2,1-2H3. The Morgan fingerprint density at radius 1 is 0.917 bits per heavy atom. The third-order valence-electron chi connectivity index (χ3n) is 6.27. The molecular formula is C28H24ClFN4O2. The quantitative estimate of drug-likeness (QED) is 0.314. The molecule has 0 N–H and O–H groups in total. The van der Waals surface area contributed by atoms with Gasteiger partial charge in [-0.1, -0.05) is 67.9 Å². The van der Waals surface area contributed by atoms with E-state index in [2.05, 4.69) is 18.8 Å². The van der Waals surface area contributed by atoms with Crippen LogP contribution in [0.3, 0.4) is 0 Å². The molecule has 0 saturated carbocycles. The van der Waals surface area contributed by atoms with E-state index in [1.807, 2.05) is 42.5 Å². The highest BCUT2D eigenvalue weighted by molar-refractivity contribution is 6.31. The summed E-state index contributed by atoms with van der Waals surface area (Å²) in [5.74, 6) is -0.0555. The van der Waals surface area contributed by atoms with Crippen molar-refractivity contribution in [3.05, 3.63) is 127 Å². The van der Waals surface area contributed by atoms with Crippen molar-refractivity contribution >= 4 is 22.8 Å². The van der Waals surface area contributed by atoms with Crippen LogP contribution in [0.1, 0.15) is 36.5 Å². The fourth-order valence-electron chi connectivity index (χ4n) is 4.26. The Morgan fingerprint density at radius 2 is 1.61 bits per heavy atom. The van der Waals surface area contributed by atoms with Crippen molar-refractivity contribution in [2.45, 2.75) is 32.9 Å². The second-order valence-corrected chi connectivity index (χ2v) is 9.43. The van der Waals surface area contributed by atoms with Gasteiger partial charge < -0.3 is 4.57 Å². The van der Waals surface area contributed by atoms with Crippen LogP contribution in [0.15, 0.2) is 88.7 Å². The van der Waals surface area contributed by atoms with Crippen LogP contribution in [-0.4, -0.2) is 18.7 Å². The Bertz CT molecular complexity index is 1670. The first kappa shape index (κ1) is 23.8. The number of hydrogen-bond acceptors (Lipinski definition) is 3. The molecule has 5 rings (SSSR count). The summed E-state index contributed by atoms with van der Waals surface area (Å²) in [6.45, 7) is 4.50. The molecule has 0 unspecified atom stereocenters. The summed E-state index contributed by atoms with van der Waals surface area (Å²) in [5, 5.41) is 0.573. The van der Waals surface area contributed by atoms with Crippen LogP contribution in [0.5, 0.6) is 0 Å². The minimum absolute atomic E-state index is 0.00472. The molecule has 5 aromatic rings. The van der Waals surface area contributed by atoms with Crippen LogP contribution in [0.4, 0.5) is 4.39 Å². The zero-order chi connectivity index (χ0) is 25.4.